The molecule has 3 rings (SSSR count). The molecule has 0 bridgehead atoms. The second-order valence-electron chi connectivity index (χ2n) is 7.29. The number of rotatable bonds is 4. The Bertz CT molecular complexity index is 505. The minimum atomic E-state index is -0.122. The van der Waals surface area contributed by atoms with E-state index < -0.39 is 0 Å². The third-order valence-electron chi connectivity index (χ3n) is 5.72. The number of piperidine rings is 1. The molecule has 3 nitrogen and oxygen atoms in total. The van der Waals surface area contributed by atoms with Crippen molar-refractivity contribution in [3.8, 4) is 0 Å². The van der Waals surface area contributed by atoms with E-state index in [1.54, 1.807) is 0 Å². The van der Waals surface area contributed by atoms with Crippen LogP contribution in [-0.4, -0.2) is 29.9 Å². The van der Waals surface area contributed by atoms with Crippen molar-refractivity contribution in [1.29, 1.82) is 0 Å². The average Bonchev–Trinajstić information content (AvgIpc) is 2.51. The van der Waals surface area contributed by atoms with Crippen LogP contribution in [0.1, 0.15) is 44.6 Å². The van der Waals surface area contributed by atoms with Crippen LogP contribution in [0, 0.1) is 11.3 Å². The Balaban J connectivity index is 0.00000192. The number of halogens is 1. The highest BCUT2D eigenvalue weighted by atomic mass is 35.5. The molecule has 0 radical (unpaired) electrons. The summed E-state index contributed by atoms with van der Waals surface area (Å²) in [5.74, 6) is 0.973. The molecule has 1 atom stereocenters. The number of carbonyl (C=O) groups is 1. The molecule has 1 saturated carbocycles. The van der Waals surface area contributed by atoms with Gasteiger partial charge < -0.3 is 10.6 Å². The fraction of sp³-hybridized carbons (Fsp3) is 0.632. The third kappa shape index (κ3) is 3.89. The third-order valence-corrected chi connectivity index (χ3v) is 5.72. The summed E-state index contributed by atoms with van der Waals surface area (Å²) in [6, 6.07) is 10.7. The quantitative estimate of drug-likeness (QED) is 0.915. The van der Waals surface area contributed by atoms with Gasteiger partial charge in [0.15, 0.2) is 0 Å². The van der Waals surface area contributed by atoms with Gasteiger partial charge in [-0.1, -0.05) is 36.8 Å². The van der Waals surface area contributed by atoms with Gasteiger partial charge >= 0.3 is 0 Å². The SMILES string of the molecule is CC(N)C1CCN(C(=O)C2(Cc3ccccc3)CCC2)CC1.Cl. The highest BCUT2D eigenvalue weighted by molar-refractivity contribution is 5.85. The van der Waals surface area contributed by atoms with Gasteiger partial charge in [0.2, 0.25) is 5.91 Å². The van der Waals surface area contributed by atoms with Gasteiger partial charge in [-0.3, -0.25) is 4.79 Å². The van der Waals surface area contributed by atoms with Crippen LogP contribution < -0.4 is 5.73 Å². The van der Waals surface area contributed by atoms with Crippen molar-refractivity contribution in [2.24, 2.45) is 17.1 Å². The summed E-state index contributed by atoms with van der Waals surface area (Å²) in [7, 11) is 0. The second-order valence-corrected chi connectivity index (χ2v) is 7.29. The molecule has 128 valence electrons. The van der Waals surface area contributed by atoms with Crippen molar-refractivity contribution < 1.29 is 4.79 Å². The Kier molecular flexibility index (Phi) is 6.10. The number of benzene rings is 1. The predicted molar refractivity (Wildman–Crippen MR) is 96.6 cm³/mol. The van der Waals surface area contributed by atoms with Crippen LogP contribution in [0.3, 0.4) is 0 Å². The van der Waals surface area contributed by atoms with Gasteiger partial charge in [0.05, 0.1) is 5.41 Å². The lowest BCUT2D eigenvalue weighted by Gasteiger charge is -2.45. The molecule has 1 aliphatic carbocycles. The van der Waals surface area contributed by atoms with E-state index in [0.29, 0.717) is 11.8 Å². The molecule has 1 aliphatic heterocycles. The maximum Gasteiger partial charge on any atom is 0.229 e. The van der Waals surface area contributed by atoms with Crippen LogP contribution in [0.15, 0.2) is 30.3 Å². The monoisotopic (exact) mass is 336 g/mol. The Labute approximate surface area is 146 Å². The Hall–Kier alpha value is -1.06. The van der Waals surface area contributed by atoms with Crippen LogP contribution in [0.2, 0.25) is 0 Å². The smallest absolute Gasteiger partial charge is 0.229 e. The molecule has 2 N–H and O–H groups in total. The highest BCUT2D eigenvalue weighted by Crippen LogP contribution is 2.45. The average molecular weight is 337 g/mol. The fourth-order valence-corrected chi connectivity index (χ4v) is 4.02. The van der Waals surface area contributed by atoms with Crippen molar-refractivity contribution in [2.75, 3.05) is 13.1 Å². The lowest BCUT2D eigenvalue weighted by molar-refractivity contribution is -0.149. The van der Waals surface area contributed by atoms with E-state index >= 15 is 0 Å². The molecular formula is C19H29ClN2O. The number of carbonyl (C=O) groups excluding carboxylic acids is 1. The lowest BCUT2D eigenvalue weighted by atomic mass is 9.64. The van der Waals surface area contributed by atoms with Gasteiger partial charge in [-0.05, 0) is 50.5 Å². The van der Waals surface area contributed by atoms with Gasteiger partial charge in [0.1, 0.15) is 0 Å². The summed E-state index contributed by atoms with van der Waals surface area (Å²) in [6.07, 6.45) is 6.31. The van der Waals surface area contributed by atoms with E-state index in [9.17, 15) is 4.79 Å². The molecule has 1 aromatic rings. The zero-order chi connectivity index (χ0) is 15.6. The summed E-state index contributed by atoms with van der Waals surface area (Å²) < 4.78 is 0. The zero-order valence-electron chi connectivity index (χ0n) is 14.0. The molecule has 0 aromatic heterocycles. The van der Waals surface area contributed by atoms with Gasteiger partial charge in [0.25, 0.3) is 0 Å². The van der Waals surface area contributed by atoms with E-state index in [4.69, 9.17) is 5.73 Å². The number of hydrogen-bond acceptors (Lipinski definition) is 2. The van der Waals surface area contributed by atoms with Gasteiger partial charge in [-0.15, -0.1) is 12.4 Å². The highest BCUT2D eigenvalue weighted by Gasteiger charge is 2.46. The fourth-order valence-electron chi connectivity index (χ4n) is 4.02. The normalized spacial score (nSPS) is 21.9. The van der Waals surface area contributed by atoms with Crippen LogP contribution in [0.5, 0.6) is 0 Å². The summed E-state index contributed by atoms with van der Waals surface area (Å²) in [5, 5.41) is 0. The van der Waals surface area contributed by atoms with Gasteiger partial charge in [0, 0.05) is 19.1 Å². The largest absolute Gasteiger partial charge is 0.342 e. The molecule has 1 saturated heterocycles. The van der Waals surface area contributed by atoms with Crippen molar-refractivity contribution in [3.05, 3.63) is 35.9 Å². The molecule has 1 aromatic carbocycles. The first kappa shape index (κ1) is 18.3. The van der Waals surface area contributed by atoms with Gasteiger partial charge in [-0.25, -0.2) is 0 Å². The van der Waals surface area contributed by atoms with Crippen molar-refractivity contribution >= 4 is 18.3 Å². The molecule has 1 amide bonds. The minimum absolute atomic E-state index is 0. The number of nitrogens with two attached hydrogens (primary N) is 1. The van der Waals surface area contributed by atoms with Crippen LogP contribution >= 0.6 is 12.4 Å². The zero-order valence-corrected chi connectivity index (χ0v) is 14.9. The van der Waals surface area contributed by atoms with Crippen molar-refractivity contribution in [2.45, 2.75) is 51.5 Å². The van der Waals surface area contributed by atoms with E-state index in [0.717, 1.165) is 45.2 Å². The topological polar surface area (TPSA) is 46.3 Å². The van der Waals surface area contributed by atoms with Crippen LogP contribution in [0.25, 0.3) is 0 Å². The Morgan fingerprint density at radius 1 is 1.26 bits per heavy atom. The number of amides is 1. The first-order valence-electron chi connectivity index (χ1n) is 8.70. The second kappa shape index (κ2) is 7.67. The van der Waals surface area contributed by atoms with E-state index in [1.165, 1.54) is 12.0 Å². The standard InChI is InChI=1S/C19H28N2O.ClH/c1-15(20)17-8-12-21(13-9-17)18(22)19(10-5-11-19)14-16-6-3-2-4-7-16;/h2-4,6-7,15,17H,5,8-14,20H2,1H3;1H. The molecule has 0 spiro atoms. The number of hydrogen-bond donors (Lipinski definition) is 1. The number of likely N-dealkylation sites (tertiary alicyclic amines) is 1. The summed E-state index contributed by atoms with van der Waals surface area (Å²) >= 11 is 0. The summed E-state index contributed by atoms with van der Waals surface area (Å²) in [6.45, 7) is 3.87. The van der Waals surface area contributed by atoms with Crippen molar-refractivity contribution in [3.63, 3.8) is 0 Å². The van der Waals surface area contributed by atoms with Gasteiger partial charge in [-0.2, -0.15) is 0 Å². The minimum Gasteiger partial charge on any atom is -0.342 e. The van der Waals surface area contributed by atoms with E-state index in [1.807, 2.05) is 6.07 Å². The van der Waals surface area contributed by atoms with Crippen molar-refractivity contribution in [1.82, 2.24) is 4.90 Å². The van der Waals surface area contributed by atoms with E-state index in [2.05, 4.69) is 36.1 Å². The number of nitrogens with zero attached hydrogens (tertiary/aromatic N) is 1. The summed E-state index contributed by atoms with van der Waals surface area (Å²) in [5.41, 5.74) is 7.18. The predicted octanol–water partition coefficient (Wildman–Crippen LogP) is 3.41. The maximum atomic E-state index is 13.1. The molecule has 1 unspecified atom stereocenters. The molecule has 2 aliphatic rings. The Morgan fingerprint density at radius 3 is 2.35 bits per heavy atom. The first-order valence-corrected chi connectivity index (χ1v) is 8.70. The summed E-state index contributed by atoms with van der Waals surface area (Å²) in [4.78, 5) is 15.2. The first-order chi connectivity index (χ1) is 10.6. The lowest BCUT2D eigenvalue weighted by Crippen LogP contribution is -2.52. The molecule has 4 heteroatoms. The Morgan fingerprint density at radius 2 is 1.87 bits per heavy atom. The van der Waals surface area contributed by atoms with Crippen LogP contribution in [0.4, 0.5) is 0 Å². The maximum absolute atomic E-state index is 13.1. The molecular weight excluding hydrogens is 308 g/mol. The molecule has 2 fully saturated rings. The molecule has 1 heterocycles. The molecule has 23 heavy (non-hydrogen) atoms. The van der Waals surface area contributed by atoms with E-state index in [-0.39, 0.29) is 23.9 Å². The van der Waals surface area contributed by atoms with Crippen LogP contribution in [-0.2, 0) is 11.2 Å².